The Kier molecular flexibility index (Phi) is 5.72. The van der Waals surface area contributed by atoms with Gasteiger partial charge in [-0.05, 0) is 55.9 Å². The van der Waals surface area contributed by atoms with Crippen LogP contribution in [0, 0.1) is 5.82 Å². The zero-order chi connectivity index (χ0) is 23.2. The fraction of sp³-hybridized carbons (Fsp3) is 0.522. The molecule has 0 unspecified atom stereocenters. The van der Waals surface area contributed by atoms with E-state index in [-0.39, 0.29) is 30.2 Å². The van der Waals surface area contributed by atoms with Crippen LogP contribution in [-0.2, 0) is 17.4 Å². The predicted molar refractivity (Wildman–Crippen MR) is 110 cm³/mol. The highest BCUT2D eigenvalue weighted by molar-refractivity contribution is 5.79. The van der Waals surface area contributed by atoms with E-state index >= 15 is 0 Å². The van der Waals surface area contributed by atoms with Gasteiger partial charge >= 0.3 is 6.18 Å². The summed E-state index contributed by atoms with van der Waals surface area (Å²) in [6.07, 6.45) is 2.92. The van der Waals surface area contributed by atoms with Gasteiger partial charge < -0.3 is 9.64 Å². The summed E-state index contributed by atoms with van der Waals surface area (Å²) in [4.78, 5) is 25.3. The van der Waals surface area contributed by atoms with Crippen molar-refractivity contribution in [1.29, 1.82) is 0 Å². The maximum Gasteiger partial charge on any atom is 0.416 e. The Labute approximate surface area is 188 Å². The van der Waals surface area contributed by atoms with E-state index in [4.69, 9.17) is 4.74 Å². The van der Waals surface area contributed by atoms with Gasteiger partial charge in [0.2, 0.25) is 11.8 Å². The van der Waals surface area contributed by atoms with E-state index in [0.29, 0.717) is 31.1 Å². The highest BCUT2D eigenvalue weighted by Gasteiger charge is 2.40. The fourth-order valence-corrected chi connectivity index (χ4v) is 4.64. The van der Waals surface area contributed by atoms with Crippen LogP contribution in [0.4, 0.5) is 17.6 Å². The van der Waals surface area contributed by atoms with Crippen molar-refractivity contribution < 1.29 is 27.1 Å². The quantitative estimate of drug-likeness (QED) is 0.624. The van der Waals surface area contributed by atoms with E-state index in [1.165, 1.54) is 0 Å². The number of ether oxygens (including phenoxy) is 1. The first-order valence-electron chi connectivity index (χ1n) is 11.1. The summed E-state index contributed by atoms with van der Waals surface area (Å²) >= 11 is 0. The number of nitrogens with zero attached hydrogens (tertiary/aromatic N) is 4. The lowest BCUT2D eigenvalue weighted by Gasteiger charge is -2.40. The number of carbonyl (C=O) groups is 1. The molecule has 0 spiro atoms. The molecule has 0 N–H and O–H groups in total. The summed E-state index contributed by atoms with van der Waals surface area (Å²) < 4.78 is 58.7. The minimum absolute atomic E-state index is 0.00898. The molecular formula is C23H24F4N4O2. The van der Waals surface area contributed by atoms with Crippen LogP contribution in [-0.4, -0.2) is 51.2 Å². The molecule has 1 saturated carbocycles. The lowest BCUT2D eigenvalue weighted by Crippen LogP contribution is -2.53. The Morgan fingerprint density at radius 2 is 1.88 bits per heavy atom. The maximum atomic E-state index is 13.7. The third-order valence-corrected chi connectivity index (χ3v) is 6.55. The lowest BCUT2D eigenvalue weighted by atomic mass is 10.1. The van der Waals surface area contributed by atoms with Crippen LogP contribution in [0.25, 0.3) is 0 Å². The number of amides is 1. The minimum Gasteiger partial charge on any atom is -0.457 e. The van der Waals surface area contributed by atoms with Crippen molar-refractivity contribution >= 4 is 5.91 Å². The molecule has 3 fully saturated rings. The molecule has 2 atom stereocenters. The number of fused-ring (bicyclic) bond motifs is 1. The fourth-order valence-electron chi connectivity index (χ4n) is 4.64. The minimum atomic E-state index is -4.67. The van der Waals surface area contributed by atoms with Gasteiger partial charge in [-0.1, -0.05) is 0 Å². The Morgan fingerprint density at radius 3 is 2.58 bits per heavy atom. The molecule has 2 aromatic rings. The monoisotopic (exact) mass is 464 g/mol. The number of hydrogen-bond acceptors (Lipinski definition) is 5. The molecule has 10 heteroatoms. The van der Waals surface area contributed by atoms with Crippen molar-refractivity contribution in [2.24, 2.45) is 0 Å². The number of hydrogen-bond donors (Lipinski definition) is 0. The summed E-state index contributed by atoms with van der Waals surface area (Å²) in [5.74, 6) is -0.401. The standard InChI is InChI=1S/C23H24F4N4O2/c24-17-8-14(7-16(10-17)23(25,26)27)9-21(32)30-6-5-18-3-4-22(31(18)13-30)33-20-12-28-19(11-29-20)15-1-2-15/h7-8,10-12,15,18,22H,1-6,9,13H2/t18-,22-/m0/s1. The molecule has 0 radical (unpaired) electrons. The third-order valence-electron chi connectivity index (χ3n) is 6.55. The highest BCUT2D eigenvalue weighted by Crippen LogP contribution is 2.39. The van der Waals surface area contributed by atoms with Crippen LogP contribution in [0.1, 0.15) is 54.8 Å². The van der Waals surface area contributed by atoms with Gasteiger partial charge in [0, 0.05) is 18.5 Å². The van der Waals surface area contributed by atoms with Crippen molar-refractivity contribution in [2.45, 2.75) is 62.9 Å². The van der Waals surface area contributed by atoms with Gasteiger partial charge in [-0.25, -0.2) is 14.3 Å². The number of alkyl halides is 3. The first kappa shape index (κ1) is 22.1. The Bertz CT molecular complexity index is 1030. The summed E-state index contributed by atoms with van der Waals surface area (Å²) in [5.41, 5.74) is -0.104. The molecule has 176 valence electrons. The van der Waals surface area contributed by atoms with Crippen LogP contribution in [0.15, 0.2) is 30.6 Å². The molecule has 2 saturated heterocycles. The van der Waals surface area contributed by atoms with Crippen LogP contribution >= 0.6 is 0 Å². The van der Waals surface area contributed by atoms with Crippen LogP contribution < -0.4 is 4.74 Å². The number of halogens is 4. The van der Waals surface area contributed by atoms with Crippen LogP contribution in [0.5, 0.6) is 5.88 Å². The molecule has 1 aliphatic carbocycles. The molecule has 1 aromatic heterocycles. The van der Waals surface area contributed by atoms with Gasteiger partial charge in [-0.3, -0.25) is 9.78 Å². The SMILES string of the molecule is O=C(Cc1cc(F)cc(C(F)(F)F)c1)N1CC[C@@H]2CC[C@H](Oc3cnc(C4CC4)cn3)N2C1. The van der Waals surface area contributed by atoms with Gasteiger partial charge in [0.25, 0.3) is 0 Å². The third kappa shape index (κ3) is 4.95. The second kappa shape index (κ2) is 8.55. The zero-order valence-corrected chi connectivity index (χ0v) is 17.9. The first-order chi connectivity index (χ1) is 15.8. The number of benzene rings is 1. The van der Waals surface area contributed by atoms with Crippen molar-refractivity contribution in [3.05, 3.63) is 53.2 Å². The molecular weight excluding hydrogens is 440 g/mol. The molecule has 1 aromatic carbocycles. The van der Waals surface area contributed by atoms with E-state index in [1.807, 2.05) is 0 Å². The van der Waals surface area contributed by atoms with Crippen molar-refractivity contribution in [3.8, 4) is 5.88 Å². The molecule has 33 heavy (non-hydrogen) atoms. The largest absolute Gasteiger partial charge is 0.457 e. The number of aromatic nitrogens is 2. The predicted octanol–water partition coefficient (Wildman–Crippen LogP) is 4.11. The van der Waals surface area contributed by atoms with Crippen molar-refractivity contribution in [3.63, 3.8) is 0 Å². The maximum absolute atomic E-state index is 13.7. The summed E-state index contributed by atoms with van der Waals surface area (Å²) in [7, 11) is 0. The smallest absolute Gasteiger partial charge is 0.416 e. The number of carbonyl (C=O) groups excluding carboxylic acids is 1. The summed E-state index contributed by atoms with van der Waals surface area (Å²) in [6.45, 7) is 0.813. The van der Waals surface area contributed by atoms with E-state index in [0.717, 1.165) is 49.9 Å². The second-order valence-corrected chi connectivity index (χ2v) is 8.98. The highest BCUT2D eigenvalue weighted by atomic mass is 19.4. The summed E-state index contributed by atoms with van der Waals surface area (Å²) in [5, 5.41) is 0. The average Bonchev–Trinajstić information content (AvgIpc) is 3.55. The van der Waals surface area contributed by atoms with E-state index in [2.05, 4.69) is 14.9 Å². The second-order valence-electron chi connectivity index (χ2n) is 8.98. The average molecular weight is 464 g/mol. The molecule has 3 heterocycles. The Balaban J connectivity index is 1.23. The molecule has 3 aliphatic rings. The Hall–Kier alpha value is -2.75. The summed E-state index contributed by atoms with van der Waals surface area (Å²) in [6, 6.07) is 2.51. The van der Waals surface area contributed by atoms with Gasteiger partial charge in [0.15, 0.2) is 6.23 Å². The molecule has 2 aliphatic heterocycles. The van der Waals surface area contributed by atoms with Crippen molar-refractivity contribution in [2.75, 3.05) is 13.2 Å². The number of rotatable bonds is 5. The van der Waals surface area contributed by atoms with Gasteiger partial charge in [-0.2, -0.15) is 13.2 Å². The van der Waals surface area contributed by atoms with Crippen LogP contribution in [0.2, 0.25) is 0 Å². The van der Waals surface area contributed by atoms with E-state index in [9.17, 15) is 22.4 Å². The van der Waals surface area contributed by atoms with Crippen LogP contribution in [0.3, 0.4) is 0 Å². The molecule has 1 amide bonds. The Morgan fingerprint density at radius 1 is 1.06 bits per heavy atom. The zero-order valence-electron chi connectivity index (χ0n) is 17.9. The van der Waals surface area contributed by atoms with E-state index < -0.39 is 17.6 Å². The van der Waals surface area contributed by atoms with Gasteiger partial charge in [0.05, 0.1) is 36.7 Å². The molecule has 0 bridgehead atoms. The normalized spacial score (nSPS) is 23.5. The topological polar surface area (TPSA) is 58.6 Å². The van der Waals surface area contributed by atoms with E-state index in [1.54, 1.807) is 17.3 Å². The molecule has 6 nitrogen and oxygen atoms in total. The lowest BCUT2D eigenvalue weighted by molar-refractivity contribution is -0.139. The van der Waals surface area contributed by atoms with Gasteiger partial charge in [0.1, 0.15) is 5.82 Å². The van der Waals surface area contributed by atoms with Crippen molar-refractivity contribution in [1.82, 2.24) is 19.8 Å². The molecule has 5 rings (SSSR count). The van der Waals surface area contributed by atoms with Gasteiger partial charge in [-0.15, -0.1) is 0 Å². The first-order valence-corrected chi connectivity index (χ1v) is 11.1.